The summed E-state index contributed by atoms with van der Waals surface area (Å²) in [6.07, 6.45) is -5.76. The molecule has 0 saturated carbocycles. The first-order chi connectivity index (χ1) is 16.9. The van der Waals surface area contributed by atoms with Crippen LogP contribution >= 0.6 is 23.2 Å². The molecule has 1 aromatic heterocycles. The number of amides is 3. The number of carbonyl (C=O) groups is 2. The Morgan fingerprint density at radius 3 is 2.36 bits per heavy atom. The van der Waals surface area contributed by atoms with Gasteiger partial charge in [0.05, 0.1) is 12.5 Å². The average Bonchev–Trinajstić information content (AvgIpc) is 3.10. The Morgan fingerprint density at radius 1 is 1.08 bits per heavy atom. The topological polar surface area (TPSA) is 124 Å². The highest BCUT2D eigenvalue weighted by molar-refractivity contribution is 6.31. The van der Waals surface area contributed by atoms with Crippen LogP contribution in [0.1, 0.15) is 18.0 Å². The zero-order chi connectivity index (χ0) is 26.5. The summed E-state index contributed by atoms with van der Waals surface area (Å²) in [7, 11) is 0. The molecule has 14 heteroatoms. The van der Waals surface area contributed by atoms with E-state index in [0.717, 1.165) is 9.25 Å². The van der Waals surface area contributed by atoms with Crippen LogP contribution in [0.5, 0.6) is 0 Å². The molecule has 192 valence electrons. The van der Waals surface area contributed by atoms with Crippen LogP contribution in [0.3, 0.4) is 0 Å². The summed E-state index contributed by atoms with van der Waals surface area (Å²) >= 11 is 12.0. The van der Waals surface area contributed by atoms with Crippen LogP contribution < -0.4 is 22.1 Å². The number of aromatic nitrogens is 3. The van der Waals surface area contributed by atoms with Crippen molar-refractivity contribution in [1.29, 1.82) is 0 Å². The molecule has 0 aliphatic rings. The van der Waals surface area contributed by atoms with Crippen LogP contribution in [-0.2, 0) is 17.9 Å². The molecule has 0 saturated heterocycles. The molecule has 2 aromatic carbocycles. The summed E-state index contributed by atoms with van der Waals surface area (Å²) in [5.74, 6) is -0.721. The Kier molecular flexibility index (Phi) is 8.64. The van der Waals surface area contributed by atoms with Gasteiger partial charge in [0.15, 0.2) is 5.82 Å². The van der Waals surface area contributed by atoms with Gasteiger partial charge in [0.1, 0.15) is 6.54 Å². The predicted molar refractivity (Wildman–Crippen MR) is 128 cm³/mol. The van der Waals surface area contributed by atoms with Gasteiger partial charge >= 0.3 is 17.9 Å². The van der Waals surface area contributed by atoms with Crippen LogP contribution in [0, 0.1) is 0 Å². The van der Waals surface area contributed by atoms with Gasteiger partial charge in [-0.15, -0.1) is 5.10 Å². The van der Waals surface area contributed by atoms with Gasteiger partial charge < -0.3 is 16.4 Å². The van der Waals surface area contributed by atoms with Crippen LogP contribution in [0.4, 0.5) is 18.0 Å². The summed E-state index contributed by atoms with van der Waals surface area (Å²) in [4.78, 5) is 36.8. The molecule has 4 N–H and O–H groups in total. The number of urea groups is 1. The van der Waals surface area contributed by atoms with E-state index in [0.29, 0.717) is 21.2 Å². The highest BCUT2D eigenvalue weighted by Gasteiger charge is 2.28. The summed E-state index contributed by atoms with van der Waals surface area (Å²) in [6.45, 7) is -1.39. The largest absolute Gasteiger partial charge is 0.390 e. The van der Waals surface area contributed by atoms with Crippen molar-refractivity contribution in [1.82, 2.24) is 25.0 Å². The number of carbonyl (C=O) groups excluding carboxylic acids is 2. The number of halogens is 5. The van der Waals surface area contributed by atoms with Crippen LogP contribution in [-0.4, -0.2) is 39.0 Å². The van der Waals surface area contributed by atoms with Crippen molar-refractivity contribution >= 4 is 35.1 Å². The van der Waals surface area contributed by atoms with Crippen LogP contribution in [0.15, 0.2) is 53.3 Å². The monoisotopic (exact) mass is 544 g/mol. The van der Waals surface area contributed by atoms with E-state index in [2.05, 4.69) is 15.7 Å². The zero-order valence-electron chi connectivity index (χ0n) is 18.6. The smallest absolute Gasteiger partial charge is 0.352 e. The fraction of sp³-hybridized carbons (Fsp3) is 0.273. The maximum Gasteiger partial charge on any atom is 0.390 e. The predicted octanol–water partition coefficient (Wildman–Crippen LogP) is 3.50. The molecule has 36 heavy (non-hydrogen) atoms. The standard InChI is InChI=1S/C22H21Cl2F3N6O3/c23-14-7-5-13(6-8-14)19-31-33(21(36)32(19)10-9-22(25,26)27)12-18(34)29-11-17(30-20(28)35)15-3-1-2-4-16(15)24/h1-8,17H,9-12H2,(H,29,34)(H3,28,30,35). The number of nitrogens with one attached hydrogen (secondary N) is 2. The molecule has 1 unspecified atom stereocenters. The van der Waals surface area contributed by atoms with E-state index in [1.54, 1.807) is 24.3 Å². The van der Waals surface area contributed by atoms with Gasteiger partial charge in [-0.25, -0.2) is 14.3 Å². The second kappa shape index (κ2) is 11.5. The Hall–Kier alpha value is -3.51. The molecule has 0 spiro atoms. The fourth-order valence-electron chi connectivity index (χ4n) is 3.37. The van der Waals surface area contributed by atoms with Crippen molar-refractivity contribution in [2.24, 2.45) is 5.73 Å². The van der Waals surface area contributed by atoms with E-state index in [4.69, 9.17) is 28.9 Å². The Balaban J connectivity index is 1.81. The number of nitrogens with zero attached hydrogens (tertiary/aromatic N) is 3. The van der Waals surface area contributed by atoms with Gasteiger partial charge in [-0.1, -0.05) is 41.4 Å². The number of hydrogen-bond acceptors (Lipinski definition) is 4. The van der Waals surface area contributed by atoms with Gasteiger partial charge in [-0.3, -0.25) is 9.36 Å². The quantitative estimate of drug-likeness (QED) is 0.381. The minimum absolute atomic E-state index is 0.0435. The lowest BCUT2D eigenvalue weighted by Gasteiger charge is -2.19. The van der Waals surface area contributed by atoms with Crippen molar-refractivity contribution in [3.63, 3.8) is 0 Å². The highest BCUT2D eigenvalue weighted by atomic mass is 35.5. The molecule has 0 aliphatic carbocycles. The van der Waals surface area contributed by atoms with Crippen LogP contribution in [0.25, 0.3) is 11.4 Å². The second-order valence-corrected chi connectivity index (χ2v) is 8.52. The average molecular weight is 545 g/mol. The zero-order valence-corrected chi connectivity index (χ0v) is 20.1. The van der Waals surface area contributed by atoms with Gasteiger partial charge in [0.2, 0.25) is 5.91 Å². The summed E-state index contributed by atoms with van der Waals surface area (Å²) in [5.41, 5.74) is 5.18. The first-order valence-corrected chi connectivity index (χ1v) is 11.3. The molecule has 0 fully saturated rings. The minimum Gasteiger partial charge on any atom is -0.352 e. The third-order valence-corrected chi connectivity index (χ3v) is 5.63. The number of benzene rings is 2. The Bertz CT molecular complexity index is 1290. The first-order valence-electron chi connectivity index (χ1n) is 10.5. The number of rotatable bonds is 9. The van der Waals surface area contributed by atoms with E-state index in [-0.39, 0.29) is 12.4 Å². The van der Waals surface area contributed by atoms with E-state index >= 15 is 0 Å². The lowest BCUT2D eigenvalue weighted by molar-refractivity contribution is -0.136. The van der Waals surface area contributed by atoms with Gasteiger partial charge in [-0.05, 0) is 35.9 Å². The molecule has 1 atom stereocenters. The molecule has 3 aromatic rings. The van der Waals surface area contributed by atoms with E-state index in [1.807, 2.05) is 0 Å². The summed E-state index contributed by atoms with van der Waals surface area (Å²) < 4.78 is 40.1. The molecule has 9 nitrogen and oxygen atoms in total. The number of alkyl halides is 3. The van der Waals surface area contributed by atoms with Crippen molar-refractivity contribution < 1.29 is 22.8 Å². The highest BCUT2D eigenvalue weighted by Crippen LogP contribution is 2.24. The molecular weight excluding hydrogens is 524 g/mol. The molecule has 3 rings (SSSR count). The molecule has 0 bridgehead atoms. The maximum atomic E-state index is 12.8. The van der Waals surface area contributed by atoms with E-state index < -0.39 is 49.4 Å². The molecule has 0 aliphatic heterocycles. The maximum absolute atomic E-state index is 12.8. The number of hydrogen-bond donors (Lipinski definition) is 3. The van der Waals surface area contributed by atoms with E-state index in [9.17, 15) is 27.6 Å². The summed E-state index contributed by atoms with van der Waals surface area (Å²) in [5, 5.41) is 9.82. The molecule has 0 radical (unpaired) electrons. The van der Waals surface area contributed by atoms with Crippen LogP contribution in [0.2, 0.25) is 10.0 Å². The Labute approximate surface area is 213 Å². The molecular formula is C22H21Cl2F3N6O3. The summed E-state index contributed by atoms with van der Waals surface area (Å²) in [6, 6.07) is 11.0. The van der Waals surface area contributed by atoms with Crippen molar-refractivity contribution in [3.8, 4) is 11.4 Å². The normalized spacial score (nSPS) is 12.2. The van der Waals surface area contributed by atoms with Crippen molar-refractivity contribution in [3.05, 3.63) is 74.6 Å². The third kappa shape index (κ3) is 7.25. The molecule has 1 heterocycles. The Morgan fingerprint density at radius 2 is 1.75 bits per heavy atom. The first kappa shape index (κ1) is 27.1. The second-order valence-electron chi connectivity index (χ2n) is 7.67. The fourth-order valence-corrected chi connectivity index (χ4v) is 3.77. The van der Waals surface area contributed by atoms with Gasteiger partial charge in [0, 0.05) is 28.7 Å². The number of nitrogens with two attached hydrogens (primary N) is 1. The minimum atomic E-state index is -4.50. The van der Waals surface area contributed by atoms with Crippen molar-refractivity contribution in [2.75, 3.05) is 6.54 Å². The van der Waals surface area contributed by atoms with Gasteiger partial charge in [-0.2, -0.15) is 13.2 Å². The SMILES string of the molecule is NC(=O)NC(CNC(=O)Cn1nc(-c2ccc(Cl)cc2)n(CCC(F)(F)F)c1=O)c1ccccc1Cl. The van der Waals surface area contributed by atoms with Gasteiger partial charge in [0.25, 0.3) is 0 Å². The molecule has 3 amide bonds. The lowest BCUT2D eigenvalue weighted by atomic mass is 10.1. The van der Waals surface area contributed by atoms with Crippen molar-refractivity contribution in [2.45, 2.75) is 31.7 Å². The number of primary amides is 1. The van der Waals surface area contributed by atoms with E-state index in [1.165, 1.54) is 24.3 Å². The third-order valence-electron chi connectivity index (χ3n) is 5.04. The lowest BCUT2D eigenvalue weighted by Crippen LogP contribution is -2.42.